The number of rotatable bonds is 2. The molecule has 0 bridgehead atoms. The molecule has 6 rings (SSSR count). The third-order valence-electron chi connectivity index (χ3n) is 9.41. The summed E-state index contributed by atoms with van der Waals surface area (Å²) in [5.74, 6) is 1.90. The van der Waals surface area contributed by atoms with E-state index in [2.05, 4.69) is 13.8 Å². The molecule has 0 amide bonds. The van der Waals surface area contributed by atoms with E-state index in [-0.39, 0.29) is 28.6 Å². The van der Waals surface area contributed by atoms with Crippen LogP contribution in [0.4, 0.5) is 0 Å². The van der Waals surface area contributed by atoms with E-state index in [1.54, 1.807) is 7.11 Å². The summed E-state index contributed by atoms with van der Waals surface area (Å²) < 4.78 is 17.9. The minimum atomic E-state index is -0.325. The van der Waals surface area contributed by atoms with Gasteiger partial charge in [-0.25, -0.2) is 0 Å². The van der Waals surface area contributed by atoms with Gasteiger partial charge in [-0.15, -0.1) is 0 Å². The second-order valence-corrected chi connectivity index (χ2v) is 10.4. The van der Waals surface area contributed by atoms with Crippen molar-refractivity contribution in [2.45, 2.75) is 64.8 Å². The van der Waals surface area contributed by atoms with Crippen molar-refractivity contribution in [2.24, 2.45) is 22.2 Å². The minimum absolute atomic E-state index is 0.0915. The predicted molar refractivity (Wildman–Crippen MR) is 108 cm³/mol. The fourth-order valence-corrected chi connectivity index (χ4v) is 7.69. The predicted octanol–water partition coefficient (Wildman–Crippen LogP) is 4.99. The van der Waals surface area contributed by atoms with Crippen LogP contribution in [0.25, 0.3) is 0 Å². The summed E-state index contributed by atoms with van der Waals surface area (Å²) in [4.78, 5) is 13.1. The maximum Gasteiger partial charge on any atom is 0.184 e. The number of carbonyl (C=O) groups excluding carboxylic acids is 1. The first-order valence-corrected chi connectivity index (χ1v) is 11.1. The van der Waals surface area contributed by atoms with Gasteiger partial charge in [0.25, 0.3) is 0 Å². The smallest absolute Gasteiger partial charge is 0.184 e. The highest BCUT2D eigenvalue weighted by Gasteiger charge is 2.77. The zero-order valence-electron chi connectivity index (χ0n) is 17.6. The number of methoxy groups -OCH3 is 1. The summed E-state index contributed by atoms with van der Waals surface area (Å²) in [5, 5.41) is 0. The molecule has 3 saturated carbocycles. The Hall–Kier alpha value is -1.65. The molecule has 154 valence electrons. The third kappa shape index (κ3) is 2.10. The fraction of sp³-hybridized carbons (Fsp3) is 0.640. The molecule has 0 aromatic heterocycles. The maximum atomic E-state index is 13.1. The second-order valence-electron chi connectivity index (χ2n) is 10.4. The SMILES string of the molecule is COc1ccc(C2OCC3=C4C[C@]56C(=O)CC[C@]5(C)C[C@@H]6[C@]4(C)CC[C@@H]3O2)cc1. The summed E-state index contributed by atoms with van der Waals surface area (Å²) >= 11 is 0. The monoisotopic (exact) mass is 394 g/mol. The Morgan fingerprint density at radius 2 is 1.93 bits per heavy atom. The average Bonchev–Trinajstić information content (AvgIpc) is 3.07. The maximum absolute atomic E-state index is 13.1. The van der Waals surface area contributed by atoms with Crippen LogP contribution in [0.15, 0.2) is 35.4 Å². The molecule has 1 aliphatic heterocycles. The van der Waals surface area contributed by atoms with Gasteiger partial charge in [0.1, 0.15) is 11.5 Å². The van der Waals surface area contributed by atoms with Crippen LogP contribution >= 0.6 is 0 Å². The lowest BCUT2D eigenvalue weighted by Gasteiger charge is -2.59. The second kappa shape index (κ2) is 5.73. The molecule has 5 aliphatic rings. The number of allylic oxidation sites excluding steroid dienone is 1. The van der Waals surface area contributed by atoms with Crippen molar-refractivity contribution in [3.63, 3.8) is 0 Å². The lowest BCUT2D eigenvalue weighted by molar-refractivity contribution is -0.199. The van der Waals surface area contributed by atoms with E-state index in [1.807, 2.05) is 24.3 Å². The number of benzene rings is 1. The topological polar surface area (TPSA) is 44.8 Å². The lowest BCUT2D eigenvalue weighted by atomic mass is 9.43. The van der Waals surface area contributed by atoms with Gasteiger partial charge in [-0.2, -0.15) is 0 Å². The van der Waals surface area contributed by atoms with Crippen molar-refractivity contribution in [3.05, 3.63) is 41.0 Å². The Morgan fingerprint density at radius 1 is 1.14 bits per heavy atom. The molecule has 1 aromatic rings. The molecule has 4 fully saturated rings. The Labute approximate surface area is 172 Å². The van der Waals surface area contributed by atoms with Crippen molar-refractivity contribution >= 4 is 5.78 Å². The zero-order chi connectivity index (χ0) is 20.0. The van der Waals surface area contributed by atoms with Crippen LogP contribution in [-0.4, -0.2) is 25.6 Å². The summed E-state index contributed by atoms with van der Waals surface area (Å²) in [6.07, 6.45) is 5.98. The van der Waals surface area contributed by atoms with Gasteiger partial charge in [-0.3, -0.25) is 4.79 Å². The highest BCUT2D eigenvalue weighted by molar-refractivity contribution is 5.91. The summed E-state index contributed by atoms with van der Waals surface area (Å²) in [7, 11) is 1.68. The van der Waals surface area contributed by atoms with Crippen LogP contribution in [0.3, 0.4) is 0 Å². The van der Waals surface area contributed by atoms with Crippen molar-refractivity contribution in [1.29, 1.82) is 0 Å². The molecule has 1 aromatic carbocycles. The van der Waals surface area contributed by atoms with Gasteiger partial charge in [-0.05, 0) is 66.6 Å². The van der Waals surface area contributed by atoms with E-state index in [0.29, 0.717) is 18.3 Å². The summed E-state index contributed by atoms with van der Waals surface area (Å²) in [6.45, 7) is 5.41. The molecule has 4 aliphatic carbocycles. The summed E-state index contributed by atoms with van der Waals surface area (Å²) in [5.41, 5.74) is 4.17. The van der Waals surface area contributed by atoms with Gasteiger partial charge in [0.05, 0.1) is 19.8 Å². The standard InChI is InChI=1S/C25H30O4/c1-23-10-9-21(26)25(23)12-18-17-14-28-22(15-4-6-16(27-3)7-5-15)29-19(17)8-11-24(18,2)20(25)13-23/h4-7,19-20,22H,8-14H2,1-3H3/t19-,20+,22?,23+,24+,25-/m0/s1. The first-order chi connectivity index (χ1) is 13.9. The lowest BCUT2D eigenvalue weighted by Crippen LogP contribution is -2.57. The van der Waals surface area contributed by atoms with Crippen LogP contribution < -0.4 is 4.74 Å². The molecule has 1 saturated heterocycles. The molecule has 4 heteroatoms. The Kier molecular flexibility index (Phi) is 3.59. The van der Waals surface area contributed by atoms with E-state index in [0.717, 1.165) is 43.4 Å². The van der Waals surface area contributed by atoms with Gasteiger partial charge in [0.2, 0.25) is 0 Å². The molecule has 0 N–H and O–H groups in total. The van der Waals surface area contributed by atoms with Crippen LogP contribution in [0, 0.1) is 22.2 Å². The van der Waals surface area contributed by atoms with E-state index in [9.17, 15) is 4.79 Å². The van der Waals surface area contributed by atoms with E-state index in [1.165, 1.54) is 17.6 Å². The number of carbonyl (C=O) groups is 1. The van der Waals surface area contributed by atoms with E-state index < -0.39 is 0 Å². The number of hydrogen-bond acceptors (Lipinski definition) is 4. The van der Waals surface area contributed by atoms with E-state index >= 15 is 0 Å². The van der Waals surface area contributed by atoms with Gasteiger partial charge >= 0.3 is 0 Å². The van der Waals surface area contributed by atoms with Gasteiger partial charge in [-0.1, -0.05) is 31.6 Å². The number of Topliss-reactive ketones (excluding diaryl/α,β-unsaturated/α-hetero) is 1. The van der Waals surface area contributed by atoms with Crippen LogP contribution in [-0.2, 0) is 14.3 Å². The molecule has 6 atom stereocenters. The van der Waals surface area contributed by atoms with Crippen molar-refractivity contribution < 1.29 is 19.0 Å². The Balaban J connectivity index is 1.32. The van der Waals surface area contributed by atoms with Gasteiger partial charge < -0.3 is 14.2 Å². The molecular formula is C25H30O4. The van der Waals surface area contributed by atoms with Crippen molar-refractivity contribution in [3.8, 4) is 5.75 Å². The first-order valence-electron chi connectivity index (χ1n) is 11.1. The quantitative estimate of drug-likeness (QED) is 0.663. The molecular weight excluding hydrogens is 364 g/mol. The molecule has 1 unspecified atom stereocenters. The normalized spacial score (nSPS) is 45.2. The summed E-state index contributed by atoms with van der Waals surface area (Å²) in [6, 6.07) is 7.95. The third-order valence-corrected chi connectivity index (χ3v) is 9.41. The first kappa shape index (κ1) is 18.1. The van der Waals surface area contributed by atoms with Gasteiger partial charge in [0, 0.05) is 17.4 Å². The van der Waals surface area contributed by atoms with Crippen LogP contribution in [0.5, 0.6) is 5.75 Å². The van der Waals surface area contributed by atoms with Crippen LogP contribution in [0.1, 0.15) is 64.2 Å². The largest absolute Gasteiger partial charge is 0.497 e. The molecule has 1 heterocycles. The number of hydrogen-bond donors (Lipinski definition) is 0. The Morgan fingerprint density at radius 3 is 2.66 bits per heavy atom. The number of ketones is 1. The van der Waals surface area contributed by atoms with Crippen molar-refractivity contribution in [1.82, 2.24) is 0 Å². The zero-order valence-corrected chi connectivity index (χ0v) is 17.6. The van der Waals surface area contributed by atoms with Gasteiger partial charge in [0.15, 0.2) is 6.29 Å². The molecule has 29 heavy (non-hydrogen) atoms. The van der Waals surface area contributed by atoms with Crippen molar-refractivity contribution in [2.75, 3.05) is 13.7 Å². The minimum Gasteiger partial charge on any atom is -0.497 e. The number of ether oxygens (including phenoxy) is 3. The molecule has 0 radical (unpaired) electrons. The number of fused-ring (bicyclic) bond motifs is 3. The van der Waals surface area contributed by atoms with E-state index in [4.69, 9.17) is 14.2 Å². The fourth-order valence-electron chi connectivity index (χ4n) is 7.69. The van der Waals surface area contributed by atoms with Crippen LogP contribution in [0.2, 0.25) is 0 Å². The highest BCUT2D eigenvalue weighted by Crippen LogP contribution is 2.81. The highest BCUT2D eigenvalue weighted by atomic mass is 16.7. The molecule has 4 nitrogen and oxygen atoms in total. The Bertz CT molecular complexity index is 917. The molecule has 1 spiro atoms. The average molecular weight is 395 g/mol.